The zero-order chi connectivity index (χ0) is 18.2. The van der Waals surface area contributed by atoms with Gasteiger partial charge in [0.25, 0.3) is 0 Å². The maximum atomic E-state index is 11.2. The molecular formula is C19H37N5O. The van der Waals surface area contributed by atoms with E-state index in [1.807, 2.05) is 7.05 Å². The summed E-state index contributed by atoms with van der Waals surface area (Å²) in [5.74, 6) is 2.50. The van der Waals surface area contributed by atoms with E-state index in [0.717, 1.165) is 76.3 Å². The molecule has 6 nitrogen and oxygen atoms in total. The van der Waals surface area contributed by atoms with E-state index in [9.17, 15) is 4.79 Å². The lowest BCUT2D eigenvalue weighted by Gasteiger charge is -2.37. The minimum atomic E-state index is -0.128. The molecule has 2 saturated heterocycles. The van der Waals surface area contributed by atoms with Gasteiger partial charge >= 0.3 is 0 Å². The summed E-state index contributed by atoms with van der Waals surface area (Å²) < 4.78 is 0. The maximum Gasteiger partial charge on any atom is 0.220 e. The number of guanidine groups is 1. The summed E-state index contributed by atoms with van der Waals surface area (Å²) in [5, 5.41) is 3.54. The minimum absolute atomic E-state index is 0.0931. The molecule has 0 bridgehead atoms. The summed E-state index contributed by atoms with van der Waals surface area (Å²) in [7, 11) is 1.88. The highest BCUT2D eigenvalue weighted by molar-refractivity contribution is 5.80. The van der Waals surface area contributed by atoms with E-state index in [2.05, 4.69) is 34.0 Å². The van der Waals surface area contributed by atoms with Gasteiger partial charge in [-0.15, -0.1) is 0 Å². The summed E-state index contributed by atoms with van der Waals surface area (Å²) >= 11 is 0. The minimum Gasteiger partial charge on any atom is -0.369 e. The summed E-state index contributed by atoms with van der Waals surface area (Å²) in [6.07, 6.45) is 5.49. The molecule has 2 heterocycles. The quantitative estimate of drug-likeness (QED) is 0.432. The van der Waals surface area contributed by atoms with Crippen molar-refractivity contribution in [3.8, 4) is 0 Å². The number of aliphatic imine (C=N–C) groups is 1. The van der Waals surface area contributed by atoms with Crippen LogP contribution in [0.3, 0.4) is 0 Å². The number of nitrogens with one attached hydrogen (secondary N) is 1. The van der Waals surface area contributed by atoms with Gasteiger partial charge in [-0.05, 0) is 63.6 Å². The molecule has 2 aliphatic heterocycles. The molecule has 3 N–H and O–H groups in total. The molecule has 2 atom stereocenters. The van der Waals surface area contributed by atoms with E-state index in [-0.39, 0.29) is 11.8 Å². The molecule has 0 radical (unpaired) electrons. The van der Waals surface area contributed by atoms with E-state index in [0.29, 0.717) is 0 Å². The average molecular weight is 352 g/mol. The predicted molar refractivity (Wildman–Crippen MR) is 103 cm³/mol. The Morgan fingerprint density at radius 2 is 1.80 bits per heavy atom. The van der Waals surface area contributed by atoms with Crippen LogP contribution in [0.2, 0.25) is 0 Å². The molecule has 25 heavy (non-hydrogen) atoms. The Morgan fingerprint density at radius 3 is 2.36 bits per heavy atom. The van der Waals surface area contributed by atoms with Gasteiger partial charge in [-0.1, -0.05) is 13.8 Å². The standard InChI is InChI=1S/C19H37N5O/c1-15-12-16(2)14-24(13-15)19(21-3)22-8-4-5-9-23-10-6-17(7-11-23)18(20)25/h15-17H,4-14H2,1-3H3,(H2,20,25)(H,21,22). The second-order valence-corrected chi connectivity index (χ2v) is 8.05. The van der Waals surface area contributed by atoms with Crippen LogP contribution in [0, 0.1) is 17.8 Å². The van der Waals surface area contributed by atoms with Crippen molar-refractivity contribution in [2.24, 2.45) is 28.5 Å². The molecule has 2 unspecified atom stereocenters. The summed E-state index contributed by atoms with van der Waals surface area (Å²) in [5.41, 5.74) is 5.39. The van der Waals surface area contributed by atoms with Crippen LogP contribution >= 0.6 is 0 Å². The molecule has 2 aliphatic rings. The number of unbranched alkanes of at least 4 members (excludes halogenated alkanes) is 1. The number of nitrogens with two attached hydrogens (primary N) is 1. The van der Waals surface area contributed by atoms with Crippen LogP contribution in [0.4, 0.5) is 0 Å². The Bertz CT molecular complexity index is 435. The highest BCUT2D eigenvalue weighted by Crippen LogP contribution is 2.21. The Hall–Kier alpha value is -1.30. The summed E-state index contributed by atoms with van der Waals surface area (Å²) in [6, 6.07) is 0. The summed E-state index contributed by atoms with van der Waals surface area (Å²) in [6.45, 7) is 11.0. The van der Waals surface area contributed by atoms with Gasteiger partial charge in [0, 0.05) is 32.6 Å². The number of likely N-dealkylation sites (tertiary alicyclic amines) is 2. The zero-order valence-corrected chi connectivity index (χ0v) is 16.3. The second-order valence-electron chi connectivity index (χ2n) is 8.05. The highest BCUT2D eigenvalue weighted by atomic mass is 16.1. The molecular weight excluding hydrogens is 314 g/mol. The number of piperidine rings is 2. The first-order valence-electron chi connectivity index (χ1n) is 9.96. The Kier molecular flexibility index (Phi) is 8.00. The number of nitrogens with zero attached hydrogens (tertiary/aromatic N) is 3. The van der Waals surface area contributed by atoms with Crippen molar-refractivity contribution in [1.82, 2.24) is 15.1 Å². The fourth-order valence-electron chi connectivity index (χ4n) is 4.27. The van der Waals surface area contributed by atoms with Crippen LogP contribution in [0.15, 0.2) is 4.99 Å². The number of carbonyl (C=O) groups excluding carboxylic acids is 1. The molecule has 0 aromatic heterocycles. The van der Waals surface area contributed by atoms with Crippen molar-refractivity contribution in [3.63, 3.8) is 0 Å². The molecule has 0 aromatic carbocycles. The third kappa shape index (κ3) is 6.49. The molecule has 0 aliphatic carbocycles. The maximum absolute atomic E-state index is 11.2. The lowest BCUT2D eigenvalue weighted by atomic mass is 9.92. The fourth-order valence-corrected chi connectivity index (χ4v) is 4.27. The van der Waals surface area contributed by atoms with Crippen LogP contribution in [-0.2, 0) is 4.79 Å². The zero-order valence-electron chi connectivity index (χ0n) is 16.3. The van der Waals surface area contributed by atoms with Gasteiger partial charge in [-0.25, -0.2) is 0 Å². The van der Waals surface area contributed by atoms with Crippen LogP contribution < -0.4 is 11.1 Å². The van der Waals surface area contributed by atoms with E-state index in [1.165, 1.54) is 12.8 Å². The highest BCUT2D eigenvalue weighted by Gasteiger charge is 2.24. The van der Waals surface area contributed by atoms with Crippen molar-refractivity contribution in [2.75, 3.05) is 46.3 Å². The third-order valence-electron chi connectivity index (χ3n) is 5.55. The SMILES string of the molecule is CN=C(NCCCCN1CCC(C(N)=O)CC1)N1CC(C)CC(C)C1. The second kappa shape index (κ2) is 10.00. The van der Waals surface area contributed by atoms with Crippen LogP contribution in [-0.4, -0.2) is 68.0 Å². The molecule has 2 rings (SSSR count). The Morgan fingerprint density at radius 1 is 1.16 bits per heavy atom. The first kappa shape index (κ1) is 20.0. The summed E-state index contributed by atoms with van der Waals surface area (Å²) in [4.78, 5) is 20.5. The van der Waals surface area contributed by atoms with E-state index < -0.39 is 0 Å². The molecule has 6 heteroatoms. The van der Waals surface area contributed by atoms with E-state index in [1.54, 1.807) is 0 Å². The van der Waals surface area contributed by atoms with Gasteiger partial charge in [-0.3, -0.25) is 9.79 Å². The van der Waals surface area contributed by atoms with Crippen molar-refractivity contribution in [2.45, 2.75) is 46.0 Å². The first-order chi connectivity index (χ1) is 12.0. The van der Waals surface area contributed by atoms with Crippen molar-refractivity contribution in [1.29, 1.82) is 0 Å². The molecule has 144 valence electrons. The molecule has 0 saturated carbocycles. The van der Waals surface area contributed by atoms with E-state index in [4.69, 9.17) is 5.73 Å². The van der Waals surface area contributed by atoms with Crippen molar-refractivity contribution >= 4 is 11.9 Å². The Balaban J connectivity index is 1.60. The first-order valence-corrected chi connectivity index (χ1v) is 9.96. The van der Waals surface area contributed by atoms with Crippen LogP contribution in [0.5, 0.6) is 0 Å². The number of primary amides is 1. The lowest BCUT2D eigenvalue weighted by Crippen LogP contribution is -2.48. The number of carbonyl (C=O) groups is 1. The third-order valence-corrected chi connectivity index (χ3v) is 5.55. The predicted octanol–water partition coefficient (Wildman–Crippen LogP) is 1.52. The number of hydrogen-bond donors (Lipinski definition) is 2. The molecule has 1 amide bonds. The topological polar surface area (TPSA) is 74.0 Å². The number of hydrogen-bond acceptors (Lipinski definition) is 3. The van der Waals surface area contributed by atoms with Crippen molar-refractivity contribution < 1.29 is 4.79 Å². The average Bonchev–Trinajstić information content (AvgIpc) is 2.57. The molecule has 2 fully saturated rings. The van der Waals surface area contributed by atoms with Crippen LogP contribution in [0.1, 0.15) is 46.0 Å². The normalized spacial score (nSPS) is 26.7. The van der Waals surface area contributed by atoms with Gasteiger partial charge in [0.1, 0.15) is 0 Å². The Labute approximate surface area is 153 Å². The van der Waals surface area contributed by atoms with Gasteiger partial charge < -0.3 is 20.9 Å². The van der Waals surface area contributed by atoms with Gasteiger partial charge in [-0.2, -0.15) is 0 Å². The van der Waals surface area contributed by atoms with Crippen LogP contribution in [0.25, 0.3) is 0 Å². The number of amides is 1. The largest absolute Gasteiger partial charge is 0.369 e. The molecule has 0 aromatic rings. The van der Waals surface area contributed by atoms with Gasteiger partial charge in [0.05, 0.1) is 0 Å². The molecule has 0 spiro atoms. The van der Waals surface area contributed by atoms with Gasteiger partial charge in [0.15, 0.2) is 5.96 Å². The smallest absolute Gasteiger partial charge is 0.220 e. The number of rotatable bonds is 6. The van der Waals surface area contributed by atoms with Gasteiger partial charge in [0.2, 0.25) is 5.91 Å². The van der Waals surface area contributed by atoms with E-state index >= 15 is 0 Å². The fraction of sp³-hybridized carbons (Fsp3) is 0.895. The monoisotopic (exact) mass is 351 g/mol. The lowest BCUT2D eigenvalue weighted by molar-refractivity contribution is -0.123. The van der Waals surface area contributed by atoms with Crippen molar-refractivity contribution in [3.05, 3.63) is 0 Å².